The van der Waals surface area contributed by atoms with Crippen LogP contribution in [0.4, 0.5) is 10.3 Å². The molecule has 17 nitrogen and oxygen atoms in total. The summed E-state index contributed by atoms with van der Waals surface area (Å²) in [6.07, 6.45) is -0.409. The molecule has 3 unspecified atom stereocenters. The number of imidazole rings is 2. The first kappa shape index (κ1) is 28.5. The van der Waals surface area contributed by atoms with Gasteiger partial charge >= 0.3 is 0 Å². The van der Waals surface area contributed by atoms with Gasteiger partial charge < -0.3 is 38.7 Å². The van der Waals surface area contributed by atoms with Gasteiger partial charge in [-0.15, -0.1) is 11.8 Å². The number of anilines is 1. The van der Waals surface area contributed by atoms with Crippen LogP contribution in [-0.4, -0.2) is 87.4 Å². The number of aliphatic hydroxyl groups excluding tert-OH is 1. The average molecular weight is 631 g/mol. The molecule has 6 heterocycles. The number of aliphatic hydroxyl groups is 1. The summed E-state index contributed by atoms with van der Waals surface area (Å²) >= 11 is 1.19. The molecule has 41 heavy (non-hydrogen) atoms. The molecule has 0 aromatic carbocycles. The number of hydrogen-bond donors (Lipinski definition) is 4. The molecule has 0 aliphatic carbocycles. The van der Waals surface area contributed by atoms with Gasteiger partial charge in [-0.05, 0) is 6.26 Å². The third-order valence-corrected chi connectivity index (χ3v) is 8.88. The predicted molar refractivity (Wildman–Crippen MR) is 146 cm³/mol. The molecule has 0 saturated carbocycles. The number of halogens is 1. The van der Waals surface area contributed by atoms with Gasteiger partial charge in [0, 0.05) is 5.92 Å². The van der Waals surface area contributed by atoms with Crippen molar-refractivity contribution >= 4 is 58.1 Å². The number of ether oxygens (including phenoxy) is 1. The minimum atomic E-state index is -1.57. The normalized spacial score (nSPS) is 31.2. The van der Waals surface area contributed by atoms with Crippen molar-refractivity contribution in [3.63, 3.8) is 0 Å². The maximum absolute atomic E-state index is 15.8. The average Bonchev–Trinajstić information content (AvgIpc) is 3.65. The third kappa shape index (κ3) is 5.37. The quantitative estimate of drug-likeness (QED) is 0.224. The molecule has 0 radical (unpaired) electrons. The molecule has 2 aliphatic rings. The zero-order valence-corrected chi connectivity index (χ0v) is 23.9. The molecule has 5 N–H and O–H groups in total. The van der Waals surface area contributed by atoms with Crippen molar-refractivity contribution in [1.29, 1.82) is 0 Å². The number of nitrogens with one attached hydrogen (secondary N) is 2. The van der Waals surface area contributed by atoms with E-state index in [1.807, 2.05) is 0 Å². The van der Waals surface area contributed by atoms with Crippen molar-refractivity contribution in [3.05, 3.63) is 39.7 Å². The first-order valence-corrected chi connectivity index (χ1v) is 15.0. The summed E-state index contributed by atoms with van der Waals surface area (Å²) in [7, 11) is -1.22. The van der Waals surface area contributed by atoms with Gasteiger partial charge in [0.2, 0.25) is 5.95 Å². The highest BCUT2D eigenvalue weighted by molar-refractivity contribution is 7.99. The number of hydrogen-bond acceptors (Lipinski definition) is 14. The van der Waals surface area contributed by atoms with E-state index in [2.05, 4.69) is 29.9 Å². The van der Waals surface area contributed by atoms with Crippen LogP contribution in [-0.2, 0) is 22.8 Å². The van der Waals surface area contributed by atoms with Crippen molar-refractivity contribution in [1.82, 2.24) is 39.0 Å². The Bertz CT molecular complexity index is 1650. The van der Waals surface area contributed by atoms with Gasteiger partial charge in [0.1, 0.15) is 11.5 Å². The number of alkyl halides is 1. The molecule has 2 saturated heterocycles. The lowest BCUT2D eigenvalue weighted by atomic mass is 10.0. The van der Waals surface area contributed by atoms with Crippen molar-refractivity contribution < 1.29 is 32.3 Å². The van der Waals surface area contributed by atoms with E-state index >= 15 is 4.39 Å². The van der Waals surface area contributed by atoms with Crippen LogP contribution in [0.1, 0.15) is 12.5 Å². The Kier molecular flexibility index (Phi) is 8.31. The SMILES string of the molecule is CSC1OPOC[C@H]2[C@H](F)[C@H](n3cnc4c(=O)[nH]cnc43)O[C@@H]2COPO[C@@H](n2cnc3c(=O)[nH]c(N)nc32)[C@@H]1O. The molecular weight excluding hydrogens is 607 g/mol. The van der Waals surface area contributed by atoms with Crippen molar-refractivity contribution in [2.45, 2.75) is 36.3 Å². The fraction of sp³-hybridized carbons (Fsp3) is 0.500. The number of aromatic amines is 2. The standard InChI is InChI=1S/C20H24FN9O8P2S/c1-41-19-12(31)18(30-6-26-11-14(30)27-20(22)28-16(11)33)37-39-35-3-8-7(2-34-40-38-19)9(21)17(36-8)29-5-25-10-13(29)23-4-24-15(10)32/h4-9,12,17-19,31,39-40H,2-3H2,1H3,(H,23,24,32)(H3,22,27,28,33)/t7-,8-,9+,12+,17-,18-,19?/m1/s1. The molecule has 2 fully saturated rings. The van der Waals surface area contributed by atoms with Gasteiger partial charge in [-0.3, -0.25) is 23.7 Å². The molecule has 21 heteroatoms. The Labute approximate surface area is 236 Å². The van der Waals surface area contributed by atoms with E-state index in [4.69, 9.17) is 28.6 Å². The maximum atomic E-state index is 15.8. The van der Waals surface area contributed by atoms with Gasteiger partial charge in [-0.1, -0.05) is 0 Å². The van der Waals surface area contributed by atoms with Crippen LogP contribution in [0.2, 0.25) is 0 Å². The topological polar surface area (TPSA) is 220 Å². The molecule has 4 aromatic rings. The summed E-state index contributed by atoms with van der Waals surface area (Å²) in [6, 6.07) is 0. The van der Waals surface area contributed by atoms with Gasteiger partial charge in [-0.25, -0.2) is 19.3 Å². The molecule has 220 valence electrons. The van der Waals surface area contributed by atoms with Gasteiger partial charge in [0.05, 0.1) is 38.3 Å². The van der Waals surface area contributed by atoms with Crippen LogP contribution in [0, 0.1) is 5.92 Å². The van der Waals surface area contributed by atoms with E-state index in [-0.39, 0.29) is 41.5 Å². The number of nitrogens with two attached hydrogens (primary N) is 1. The summed E-state index contributed by atoms with van der Waals surface area (Å²) in [4.78, 5) is 45.5. The molecular formula is C20H24FN9O8P2S. The highest BCUT2D eigenvalue weighted by atomic mass is 32.2. The monoisotopic (exact) mass is 631 g/mol. The Hall–Kier alpha value is -2.60. The van der Waals surface area contributed by atoms with Crippen LogP contribution in [0.3, 0.4) is 0 Å². The predicted octanol–water partition coefficient (Wildman–Crippen LogP) is 0.332. The third-order valence-electron chi connectivity index (χ3n) is 6.62. The fourth-order valence-corrected chi connectivity index (χ4v) is 6.76. The molecule has 0 spiro atoms. The van der Waals surface area contributed by atoms with Gasteiger partial charge in [0.15, 0.2) is 59.0 Å². The van der Waals surface area contributed by atoms with Crippen molar-refractivity contribution in [2.75, 3.05) is 25.2 Å². The molecule has 2 aliphatic heterocycles. The van der Waals surface area contributed by atoms with Crippen molar-refractivity contribution in [3.8, 4) is 0 Å². The minimum absolute atomic E-state index is 0.000251. The Balaban J connectivity index is 1.25. The van der Waals surface area contributed by atoms with Crippen LogP contribution >= 0.6 is 29.8 Å². The smallest absolute Gasteiger partial charge is 0.280 e. The Morgan fingerprint density at radius 2 is 1.76 bits per heavy atom. The van der Waals surface area contributed by atoms with E-state index in [1.54, 1.807) is 6.26 Å². The van der Waals surface area contributed by atoms with Crippen LogP contribution in [0.15, 0.2) is 28.6 Å². The lowest BCUT2D eigenvalue weighted by Gasteiger charge is -2.29. The molecule has 0 amide bonds. The summed E-state index contributed by atoms with van der Waals surface area (Å²) < 4.78 is 47.7. The highest BCUT2D eigenvalue weighted by Gasteiger charge is 2.47. The maximum Gasteiger partial charge on any atom is 0.280 e. The minimum Gasteiger partial charge on any atom is -0.385 e. The molecule has 6 rings (SSSR count). The zero-order valence-electron chi connectivity index (χ0n) is 21.0. The Morgan fingerprint density at radius 3 is 2.54 bits per heavy atom. The van der Waals surface area contributed by atoms with Gasteiger partial charge in [0.25, 0.3) is 11.1 Å². The largest absolute Gasteiger partial charge is 0.385 e. The number of H-pyrrole nitrogens is 2. The van der Waals surface area contributed by atoms with E-state index in [0.717, 1.165) is 0 Å². The zero-order chi connectivity index (χ0) is 28.7. The highest BCUT2D eigenvalue weighted by Crippen LogP contribution is 2.41. The first-order chi connectivity index (χ1) is 19.9. The summed E-state index contributed by atoms with van der Waals surface area (Å²) in [5.74, 6) is -0.911. The van der Waals surface area contributed by atoms with Crippen LogP contribution in [0.25, 0.3) is 22.3 Å². The molecule has 9 atom stereocenters. The lowest BCUT2D eigenvalue weighted by Crippen LogP contribution is -2.34. The van der Waals surface area contributed by atoms with Crippen molar-refractivity contribution in [2.24, 2.45) is 5.92 Å². The molecule has 4 aromatic heterocycles. The second kappa shape index (κ2) is 11.9. The van der Waals surface area contributed by atoms with E-state index in [1.165, 1.54) is 39.9 Å². The lowest BCUT2D eigenvalue weighted by molar-refractivity contribution is -0.0468. The van der Waals surface area contributed by atoms with Gasteiger partial charge in [-0.2, -0.15) is 4.98 Å². The summed E-state index contributed by atoms with van der Waals surface area (Å²) in [5, 5.41) is 11.2. The van der Waals surface area contributed by atoms with Crippen LogP contribution < -0.4 is 16.9 Å². The van der Waals surface area contributed by atoms with E-state index < -0.39 is 71.4 Å². The first-order valence-electron chi connectivity index (χ1n) is 12.0. The van der Waals surface area contributed by atoms with Crippen LogP contribution in [0.5, 0.6) is 0 Å². The summed E-state index contributed by atoms with van der Waals surface area (Å²) in [6.45, 7) is -0.161. The number of nitrogen functional groups attached to an aromatic ring is 1. The number of nitrogens with zero attached hydrogens (tertiary/aromatic N) is 6. The van der Waals surface area contributed by atoms with E-state index in [0.29, 0.717) is 0 Å². The fourth-order valence-electron chi connectivity index (χ4n) is 4.63. The second-order valence-electron chi connectivity index (χ2n) is 9.01. The van der Waals surface area contributed by atoms with E-state index in [9.17, 15) is 14.7 Å². The number of thioether (sulfide) groups is 1. The number of fused-ring (bicyclic) bond motifs is 3. The molecule has 0 bridgehead atoms. The summed E-state index contributed by atoms with van der Waals surface area (Å²) in [5.41, 5.74) is 4.18. The second-order valence-corrected chi connectivity index (χ2v) is 11.3. The number of rotatable bonds is 3. The Morgan fingerprint density at radius 1 is 1.05 bits per heavy atom. The number of aromatic nitrogens is 8.